The monoisotopic (exact) mass is 358 g/mol. The van der Waals surface area contributed by atoms with E-state index >= 15 is 0 Å². The van der Waals surface area contributed by atoms with Crippen LogP contribution in [0.5, 0.6) is 0 Å². The van der Waals surface area contributed by atoms with E-state index in [-0.39, 0.29) is 24.5 Å². The first kappa shape index (κ1) is 19.9. The van der Waals surface area contributed by atoms with Crippen LogP contribution in [0.2, 0.25) is 0 Å². The van der Waals surface area contributed by atoms with Crippen LogP contribution < -0.4 is 10.6 Å². The molecule has 0 aromatic rings. The average molecular weight is 358 g/mol. The van der Waals surface area contributed by atoms with Crippen LogP contribution in [-0.4, -0.2) is 61.4 Å². The van der Waals surface area contributed by atoms with Crippen molar-refractivity contribution in [2.75, 3.05) is 19.8 Å². The first-order valence-corrected chi connectivity index (χ1v) is 9.10. The Hall–Kier alpha value is -1.38. The van der Waals surface area contributed by atoms with Gasteiger partial charge in [-0.25, -0.2) is 4.79 Å². The summed E-state index contributed by atoms with van der Waals surface area (Å²) in [6, 6.07) is -1.16. The number of carbonyl (C=O) groups is 2. The van der Waals surface area contributed by atoms with Gasteiger partial charge in [0.1, 0.15) is 12.6 Å². The van der Waals surface area contributed by atoms with E-state index < -0.39 is 24.5 Å². The lowest BCUT2D eigenvalue weighted by atomic mass is 10.0. The Kier molecular flexibility index (Phi) is 7.92. The van der Waals surface area contributed by atoms with Gasteiger partial charge in [-0.1, -0.05) is 13.8 Å². The zero-order valence-electron chi connectivity index (χ0n) is 15.0. The molecule has 8 heteroatoms. The molecule has 2 aliphatic rings. The van der Waals surface area contributed by atoms with Crippen molar-refractivity contribution in [3.8, 4) is 0 Å². The maximum atomic E-state index is 12.4. The van der Waals surface area contributed by atoms with Crippen LogP contribution in [0.25, 0.3) is 0 Å². The highest BCUT2D eigenvalue weighted by Crippen LogP contribution is 2.14. The number of hydrogen-bond acceptors (Lipinski definition) is 6. The number of aliphatic hydroxyl groups excluding tert-OH is 1. The molecular formula is C17H30N2O6. The third kappa shape index (κ3) is 6.80. The summed E-state index contributed by atoms with van der Waals surface area (Å²) in [6.45, 7) is 5.22. The molecule has 25 heavy (non-hydrogen) atoms. The van der Waals surface area contributed by atoms with Gasteiger partial charge < -0.3 is 30.0 Å². The summed E-state index contributed by atoms with van der Waals surface area (Å²) < 4.78 is 15.8. The normalized spacial score (nSPS) is 27.8. The molecule has 2 amide bonds. The van der Waals surface area contributed by atoms with E-state index in [1.54, 1.807) is 0 Å². The highest BCUT2D eigenvalue weighted by Gasteiger charge is 2.31. The molecule has 2 aliphatic heterocycles. The van der Waals surface area contributed by atoms with Gasteiger partial charge in [0.15, 0.2) is 6.29 Å². The molecule has 0 spiro atoms. The summed E-state index contributed by atoms with van der Waals surface area (Å²) in [6.07, 6.45) is 2.31. The minimum absolute atomic E-state index is 0.0670. The highest BCUT2D eigenvalue weighted by atomic mass is 16.6. The number of alkyl carbamates (subject to hydrolysis) is 1. The number of hydrogen-bond donors (Lipinski definition) is 3. The zero-order valence-corrected chi connectivity index (χ0v) is 15.0. The van der Waals surface area contributed by atoms with E-state index in [0.717, 1.165) is 19.3 Å². The van der Waals surface area contributed by atoms with E-state index in [1.807, 2.05) is 13.8 Å². The summed E-state index contributed by atoms with van der Waals surface area (Å²) in [7, 11) is 0. The Morgan fingerprint density at radius 3 is 2.60 bits per heavy atom. The number of rotatable bonds is 7. The Labute approximate surface area is 148 Å². The molecular weight excluding hydrogens is 328 g/mol. The number of ether oxygens (including phenoxy) is 3. The molecule has 3 N–H and O–H groups in total. The summed E-state index contributed by atoms with van der Waals surface area (Å²) in [5.74, 6) is -0.128. The molecule has 0 bridgehead atoms. The maximum absolute atomic E-state index is 12.4. The predicted octanol–water partition coefficient (Wildman–Crippen LogP) is 0.920. The van der Waals surface area contributed by atoms with E-state index in [0.29, 0.717) is 26.1 Å². The minimum atomic E-state index is -1.00. The van der Waals surface area contributed by atoms with E-state index in [9.17, 15) is 14.7 Å². The number of amides is 2. The van der Waals surface area contributed by atoms with Crippen molar-refractivity contribution < 1.29 is 28.9 Å². The fourth-order valence-corrected chi connectivity index (χ4v) is 3.00. The van der Waals surface area contributed by atoms with E-state index in [4.69, 9.17) is 14.2 Å². The van der Waals surface area contributed by atoms with Crippen LogP contribution >= 0.6 is 0 Å². The largest absolute Gasteiger partial charge is 0.447 e. The molecule has 2 rings (SSSR count). The lowest BCUT2D eigenvalue weighted by Gasteiger charge is -2.24. The molecule has 0 radical (unpaired) electrons. The van der Waals surface area contributed by atoms with E-state index in [1.165, 1.54) is 0 Å². The van der Waals surface area contributed by atoms with Gasteiger partial charge in [0.2, 0.25) is 5.91 Å². The van der Waals surface area contributed by atoms with Crippen molar-refractivity contribution >= 4 is 12.0 Å². The smallest absolute Gasteiger partial charge is 0.407 e. The van der Waals surface area contributed by atoms with Crippen molar-refractivity contribution in [3.05, 3.63) is 0 Å². The van der Waals surface area contributed by atoms with Crippen LogP contribution in [0.1, 0.15) is 46.0 Å². The lowest BCUT2D eigenvalue weighted by molar-refractivity contribution is -0.127. The van der Waals surface area contributed by atoms with Crippen LogP contribution in [0.4, 0.5) is 4.79 Å². The summed E-state index contributed by atoms with van der Waals surface area (Å²) in [5.41, 5.74) is 0. The highest BCUT2D eigenvalue weighted by molar-refractivity contribution is 5.85. The van der Waals surface area contributed by atoms with Crippen molar-refractivity contribution in [1.29, 1.82) is 0 Å². The first-order valence-electron chi connectivity index (χ1n) is 9.10. The molecule has 0 saturated carbocycles. The quantitative estimate of drug-likeness (QED) is 0.625. The third-order valence-electron chi connectivity index (χ3n) is 4.38. The van der Waals surface area contributed by atoms with Gasteiger partial charge in [-0.2, -0.15) is 0 Å². The van der Waals surface area contributed by atoms with Gasteiger partial charge in [-0.05, 0) is 38.0 Å². The fourth-order valence-electron chi connectivity index (χ4n) is 3.00. The van der Waals surface area contributed by atoms with Crippen LogP contribution in [0.15, 0.2) is 0 Å². The fraction of sp³-hybridized carbons (Fsp3) is 0.882. The SMILES string of the molecule is CC(C)CC(NC(=O)OCC1CCCCO1)C(=O)NC1CCOC1O. The third-order valence-corrected chi connectivity index (χ3v) is 4.38. The molecule has 4 atom stereocenters. The topological polar surface area (TPSA) is 106 Å². The van der Waals surface area contributed by atoms with E-state index in [2.05, 4.69) is 10.6 Å². The van der Waals surface area contributed by atoms with Crippen molar-refractivity contribution in [3.63, 3.8) is 0 Å². The summed E-state index contributed by atoms with van der Waals surface area (Å²) in [4.78, 5) is 24.5. The average Bonchev–Trinajstić information content (AvgIpc) is 2.98. The first-order chi connectivity index (χ1) is 12.0. The van der Waals surface area contributed by atoms with Crippen molar-refractivity contribution in [2.24, 2.45) is 5.92 Å². The van der Waals surface area contributed by atoms with Gasteiger partial charge in [0.25, 0.3) is 0 Å². The van der Waals surface area contributed by atoms with Crippen LogP contribution in [0, 0.1) is 5.92 Å². The number of aliphatic hydroxyl groups is 1. The lowest BCUT2D eigenvalue weighted by Crippen LogP contribution is -2.52. The Bertz CT molecular complexity index is 439. The van der Waals surface area contributed by atoms with Crippen LogP contribution in [0.3, 0.4) is 0 Å². The molecule has 0 aromatic heterocycles. The molecule has 2 heterocycles. The summed E-state index contributed by atoms with van der Waals surface area (Å²) in [5, 5.41) is 15.0. The second-order valence-electron chi connectivity index (χ2n) is 7.08. The molecule has 4 unspecified atom stereocenters. The van der Waals surface area contributed by atoms with Gasteiger partial charge in [0.05, 0.1) is 18.8 Å². The molecule has 8 nitrogen and oxygen atoms in total. The van der Waals surface area contributed by atoms with Gasteiger partial charge in [0, 0.05) is 6.61 Å². The second kappa shape index (κ2) is 9.94. The predicted molar refractivity (Wildman–Crippen MR) is 89.8 cm³/mol. The molecule has 0 aliphatic carbocycles. The second-order valence-corrected chi connectivity index (χ2v) is 7.08. The Morgan fingerprint density at radius 1 is 1.20 bits per heavy atom. The Morgan fingerprint density at radius 2 is 2.00 bits per heavy atom. The number of nitrogens with one attached hydrogen (secondary N) is 2. The van der Waals surface area contributed by atoms with Gasteiger partial charge in [-0.3, -0.25) is 4.79 Å². The number of carbonyl (C=O) groups excluding carboxylic acids is 2. The standard InChI is InChI=1S/C17H30N2O6/c1-11(2)9-14(15(20)18-13-6-8-24-16(13)21)19-17(22)25-10-12-5-3-4-7-23-12/h11-14,16,21H,3-10H2,1-2H3,(H,18,20)(H,19,22). The van der Waals surface area contributed by atoms with Crippen molar-refractivity contribution in [2.45, 2.75) is 70.4 Å². The van der Waals surface area contributed by atoms with Gasteiger partial charge in [-0.15, -0.1) is 0 Å². The molecule has 2 saturated heterocycles. The minimum Gasteiger partial charge on any atom is -0.447 e. The molecule has 144 valence electrons. The maximum Gasteiger partial charge on any atom is 0.407 e. The van der Waals surface area contributed by atoms with Crippen molar-refractivity contribution in [1.82, 2.24) is 10.6 Å². The summed E-state index contributed by atoms with van der Waals surface area (Å²) >= 11 is 0. The van der Waals surface area contributed by atoms with Crippen LogP contribution in [-0.2, 0) is 19.0 Å². The van der Waals surface area contributed by atoms with Gasteiger partial charge >= 0.3 is 6.09 Å². The zero-order chi connectivity index (χ0) is 18.2. The molecule has 2 fully saturated rings. The Balaban J connectivity index is 1.80. The molecule has 0 aromatic carbocycles.